The zero-order chi connectivity index (χ0) is 29.1. The summed E-state index contributed by atoms with van der Waals surface area (Å²) in [7, 11) is 2.98. The van der Waals surface area contributed by atoms with Crippen LogP contribution in [0.2, 0.25) is 0 Å². The SMILES string of the molecule is Cc1ccc2nc(COCC(=O)N3CCC4(CC3)C[C@@](C)(O)[C@H](n3cnc5c3c(=O)n(C)c(=O)n5C)CO4)[nH]c2c1. The highest BCUT2D eigenvalue weighted by atomic mass is 16.5. The Kier molecular flexibility index (Phi) is 6.63. The number of aromatic amines is 1. The third kappa shape index (κ3) is 4.77. The van der Waals surface area contributed by atoms with Gasteiger partial charge in [0.1, 0.15) is 19.0 Å². The maximum atomic E-state index is 13.0. The van der Waals surface area contributed by atoms with Gasteiger partial charge in [0.05, 0.1) is 41.2 Å². The van der Waals surface area contributed by atoms with Gasteiger partial charge >= 0.3 is 5.69 Å². The molecule has 0 unspecified atom stereocenters. The minimum atomic E-state index is -1.22. The molecule has 1 aromatic carbocycles. The van der Waals surface area contributed by atoms with E-state index in [4.69, 9.17) is 9.47 Å². The summed E-state index contributed by atoms with van der Waals surface area (Å²) in [6.07, 6.45) is 2.97. The van der Waals surface area contributed by atoms with Gasteiger partial charge in [-0.25, -0.2) is 14.8 Å². The second-order valence-electron chi connectivity index (χ2n) is 11.7. The first-order valence-corrected chi connectivity index (χ1v) is 13.8. The monoisotopic (exact) mass is 565 g/mol. The Labute approximate surface area is 235 Å². The van der Waals surface area contributed by atoms with Crippen molar-refractivity contribution in [3.63, 3.8) is 0 Å². The van der Waals surface area contributed by atoms with Crippen molar-refractivity contribution in [2.45, 2.75) is 57.0 Å². The number of aromatic nitrogens is 6. The fourth-order valence-electron chi connectivity index (χ4n) is 6.29. The average Bonchev–Trinajstić information content (AvgIpc) is 3.54. The summed E-state index contributed by atoms with van der Waals surface area (Å²) in [5.41, 5.74) is 0.717. The molecule has 13 heteroatoms. The fraction of sp³-hybridized carbons (Fsp3) is 0.536. The molecule has 41 heavy (non-hydrogen) atoms. The fourth-order valence-corrected chi connectivity index (χ4v) is 6.29. The largest absolute Gasteiger partial charge is 0.388 e. The lowest BCUT2D eigenvalue weighted by Crippen LogP contribution is -2.58. The molecular weight excluding hydrogens is 530 g/mol. The predicted octanol–water partition coefficient (Wildman–Crippen LogP) is 0.909. The molecule has 13 nitrogen and oxygen atoms in total. The summed E-state index contributed by atoms with van der Waals surface area (Å²) in [4.78, 5) is 51.9. The lowest BCUT2D eigenvalue weighted by atomic mass is 9.75. The Morgan fingerprint density at radius 3 is 2.71 bits per heavy atom. The van der Waals surface area contributed by atoms with Crippen molar-refractivity contribution in [3.8, 4) is 0 Å². The Balaban J connectivity index is 1.07. The van der Waals surface area contributed by atoms with Crippen LogP contribution in [0.3, 0.4) is 0 Å². The molecule has 4 aromatic rings. The minimum absolute atomic E-state index is 0.0467. The molecule has 2 aliphatic heterocycles. The van der Waals surface area contributed by atoms with Crippen LogP contribution >= 0.6 is 0 Å². The molecule has 2 atom stereocenters. The number of imidazole rings is 2. The van der Waals surface area contributed by atoms with E-state index in [1.54, 1.807) is 23.4 Å². The van der Waals surface area contributed by atoms with E-state index in [1.165, 1.54) is 17.9 Å². The molecule has 2 N–H and O–H groups in total. The molecule has 0 aliphatic carbocycles. The van der Waals surface area contributed by atoms with Crippen LogP contribution in [0.25, 0.3) is 22.2 Å². The van der Waals surface area contributed by atoms with E-state index in [0.29, 0.717) is 38.2 Å². The molecule has 2 fully saturated rings. The van der Waals surface area contributed by atoms with Crippen LogP contribution < -0.4 is 11.2 Å². The highest BCUT2D eigenvalue weighted by Gasteiger charge is 2.50. The number of amides is 1. The lowest BCUT2D eigenvalue weighted by Gasteiger charge is -2.51. The van der Waals surface area contributed by atoms with Gasteiger partial charge in [0.2, 0.25) is 5.91 Å². The first-order chi connectivity index (χ1) is 19.5. The maximum Gasteiger partial charge on any atom is 0.332 e. The van der Waals surface area contributed by atoms with Gasteiger partial charge in [-0.3, -0.25) is 18.7 Å². The first kappa shape index (κ1) is 27.4. The molecule has 2 saturated heterocycles. The highest BCUT2D eigenvalue weighted by molar-refractivity contribution is 5.78. The van der Waals surface area contributed by atoms with Crippen molar-refractivity contribution in [1.82, 2.24) is 33.6 Å². The van der Waals surface area contributed by atoms with E-state index in [1.807, 2.05) is 25.1 Å². The van der Waals surface area contributed by atoms with Gasteiger partial charge in [-0.1, -0.05) is 6.07 Å². The van der Waals surface area contributed by atoms with Gasteiger partial charge in [-0.05, 0) is 44.4 Å². The molecule has 2 aliphatic rings. The Bertz CT molecular complexity index is 1760. The van der Waals surface area contributed by atoms with E-state index in [-0.39, 0.29) is 36.9 Å². The number of aryl methyl sites for hydroxylation is 2. The van der Waals surface area contributed by atoms with Gasteiger partial charge in [0, 0.05) is 33.6 Å². The third-order valence-corrected chi connectivity index (χ3v) is 8.63. The summed E-state index contributed by atoms with van der Waals surface area (Å²) in [6.45, 7) is 5.07. The van der Waals surface area contributed by atoms with Crippen molar-refractivity contribution in [2.24, 2.45) is 14.1 Å². The number of aliphatic hydroxyl groups is 1. The van der Waals surface area contributed by atoms with E-state index in [9.17, 15) is 19.5 Å². The number of ether oxygens (including phenoxy) is 2. The number of H-pyrrole nitrogens is 1. The number of fused-ring (bicyclic) bond motifs is 2. The summed E-state index contributed by atoms with van der Waals surface area (Å²) in [5.74, 6) is 0.577. The van der Waals surface area contributed by atoms with Gasteiger partial charge < -0.3 is 29.0 Å². The molecule has 0 saturated carbocycles. The van der Waals surface area contributed by atoms with Crippen molar-refractivity contribution >= 4 is 28.1 Å². The quantitative estimate of drug-likeness (QED) is 0.363. The Morgan fingerprint density at radius 2 is 1.98 bits per heavy atom. The van der Waals surface area contributed by atoms with Crippen LogP contribution in [0.4, 0.5) is 0 Å². The Morgan fingerprint density at radius 1 is 1.22 bits per heavy atom. The van der Waals surface area contributed by atoms with Gasteiger partial charge in [-0.15, -0.1) is 0 Å². The zero-order valence-corrected chi connectivity index (χ0v) is 23.7. The molecule has 1 amide bonds. The van der Waals surface area contributed by atoms with Crippen LogP contribution in [0.1, 0.15) is 43.6 Å². The number of rotatable bonds is 5. The van der Waals surface area contributed by atoms with E-state index in [0.717, 1.165) is 21.2 Å². The number of hydrogen-bond acceptors (Lipinski definition) is 8. The predicted molar refractivity (Wildman–Crippen MR) is 149 cm³/mol. The van der Waals surface area contributed by atoms with Crippen LogP contribution in [0.15, 0.2) is 34.1 Å². The van der Waals surface area contributed by atoms with Gasteiger partial charge in [0.25, 0.3) is 5.56 Å². The number of carbonyl (C=O) groups is 1. The first-order valence-electron chi connectivity index (χ1n) is 13.8. The standard InChI is InChI=1S/C28H35N7O6/c1-17-5-6-18-19(11-17)31-21(30-18)13-40-14-22(36)34-9-7-28(8-10-34)15-27(2,39)20(12-41-28)35-16-29-24-23(35)25(37)33(4)26(38)32(24)3/h5-6,11,16,20,39H,7-10,12-15H2,1-4H3,(H,30,31)/t20-,27-/m1/s1. The van der Waals surface area contributed by atoms with E-state index >= 15 is 0 Å². The summed E-state index contributed by atoms with van der Waals surface area (Å²) < 4.78 is 16.0. The van der Waals surface area contributed by atoms with E-state index < -0.39 is 28.5 Å². The lowest BCUT2D eigenvalue weighted by molar-refractivity contribution is -0.197. The van der Waals surface area contributed by atoms with Crippen LogP contribution in [0.5, 0.6) is 0 Å². The number of hydrogen-bond donors (Lipinski definition) is 2. The third-order valence-electron chi connectivity index (χ3n) is 8.63. The highest BCUT2D eigenvalue weighted by Crippen LogP contribution is 2.44. The van der Waals surface area contributed by atoms with Crippen LogP contribution in [-0.2, 0) is 35.0 Å². The van der Waals surface area contributed by atoms with Crippen molar-refractivity contribution < 1.29 is 19.4 Å². The number of nitrogens with zero attached hydrogens (tertiary/aromatic N) is 6. The molecular formula is C28H35N7O6. The average molecular weight is 566 g/mol. The molecule has 6 rings (SSSR count). The number of nitrogens with one attached hydrogen (secondary N) is 1. The normalized spacial score (nSPS) is 22.7. The second kappa shape index (κ2) is 9.93. The van der Waals surface area contributed by atoms with Gasteiger partial charge in [-0.2, -0.15) is 0 Å². The van der Waals surface area contributed by atoms with Crippen LogP contribution in [-0.4, -0.2) is 82.1 Å². The van der Waals surface area contributed by atoms with Crippen molar-refractivity contribution in [2.75, 3.05) is 26.3 Å². The molecule has 5 heterocycles. The number of likely N-dealkylation sites (tertiary alicyclic amines) is 1. The number of benzene rings is 1. The summed E-state index contributed by atoms with van der Waals surface area (Å²) in [6, 6.07) is 5.41. The molecule has 0 bridgehead atoms. The molecule has 3 aromatic heterocycles. The number of carbonyl (C=O) groups excluding carboxylic acids is 1. The van der Waals surface area contributed by atoms with Crippen molar-refractivity contribution in [3.05, 3.63) is 56.8 Å². The Hall–Kier alpha value is -3.81. The minimum Gasteiger partial charge on any atom is -0.388 e. The van der Waals surface area contributed by atoms with Gasteiger partial charge in [0.15, 0.2) is 11.2 Å². The zero-order valence-electron chi connectivity index (χ0n) is 23.7. The smallest absolute Gasteiger partial charge is 0.332 e. The molecule has 1 spiro atoms. The maximum absolute atomic E-state index is 13.0. The van der Waals surface area contributed by atoms with E-state index in [2.05, 4.69) is 15.0 Å². The van der Waals surface area contributed by atoms with Crippen LogP contribution in [0, 0.1) is 6.92 Å². The number of piperidine rings is 1. The molecule has 0 radical (unpaired) electrons. The molecule has 218 valence electrons. The topological polar surface area (TPSA) is 150 Å². The summed E-state index contributed by atoms with van der Waals surface area (Å²) in [5, 5.41) is 11.6. The van der Waals surface area contributed by atoms with Crippen molar-refractivity contribution in [1.29, 1.82) is 0 Å². The summed E-state index contributed by atoms with van der Waals surface area (Å²) >= 11 is 0. The second-order valence-corrected chi connectivity index (χ2v) is 11.7.